The zero-order valence-corrected chi connectivity index (χ0v) is 12.9. The molecule has 0 spiro atoms. The molecule has 21 heavy (non-hydrogen) atoms. The third-order valence-electron chi connectivity index (χ3n) is 3.28. The van der Waals surface area contributed by atoms with E-state index in [0.29, 0.717) is 13.1 Å². The third-order valence-corrected chi connectivity index (χ3v) is 3.75. The van der Waals surface area contributed by atoms with Gasteiger partial charge in [0.2, 0.25) is 0 Å². The molecule has 0 aliphatic heterocycles. The Morgan fingerprint density at radius 1 is 1.24 bits per heavy atom. The Balaban J connectivity index is 1.63. The maximum atomic E-state index is 10.1. The predicted octanol–water partition coefficient (Wildman–Crippen LogP) is 2.32. The smallest absolute Gasteiger partial charge is 0.136 e. The predicted molar refractivity (Wildman–Crippen MR) is 83.8 cm³/mol. The number of rotatable bonds is 5. The van der Waals surface area contributed by atoms with Gasteiger partial charge in [0.05, 0.1) is 18.0 Å². The van der Waals surface area contributed by atoms with E-state index in [1.165, 1.54) is 0 Å². The summed E-state index contributed by atoms with van der Waals surface area (Å²) in [7, 11) is 0. The van der Waals surface area contributed by atoms with Gasteiger partial charge in [-0.1, -0.05) is 0 Å². The maximum absolute atomic E-state index is 10.1. The van der Waals surface area contributed by atoms with Gasteiger partial charge in [0.15, 0.2) is 0 Å². The zero-order chi connectivity index (χ0) is 14.7. The highest BCUT2D eigenvalue weighted by Gasteiger charge is 2.08. The van der Waals surface area contributed by atoms with Gasteiger partial charge in [-0.2, -0.15) is 0 Å². The molecular formula is C15H15BrN4O. The van der Waals surface area contributed by atoms with Crippen molar-refractivity contribution in [1.29, 1.82) is 0 Å². The summed E-state index contributed by atoms with van der Waals surface area (Å²) in [5.41, 5.74) is 2.82. The molecule has 3 rings (SSSR count). The lowest BCUT2D eigenvalue weighted by molar-refractivity contribution is 0.174. The molecule has 108 valence electrons. The first kappa shape index (κ1) is 14.2. The Morgan fingerprint density at radius 3 is 2.86 bits per heavy atom. The lowest BCUT2D eigenvalue weighted by Gasteiger charge is -2.11. The van der Waals surface area contributed by atoms with Crippen LogP contribution < -0.4 is 5.32 Å². The topological polar surface area (TPSA) is 62.5 Å². The third kappa shape index (κ3) is 3.29. The number of halogens is 1. The molecule has 0 aliphatic carbocycles. The van der Waals surface area contributed by atoms with E-state index in [4.69, 9.17) is 0 Å². The minimum atomic E-state index is -0.543. The number of imidazole rings is 1. The van der Waals surface area contributed by atoms with Gasteiger partial charge in [-0.05, 0) is 45.8 Å². The van der Waals surface area contributed by atoms with Crippen molar-refractivity contribution in [3.05, 3.63) is 64.8 Å². The summed E-state index contributed by atoms with van der Waals surface area (Å²) in [4.78, 5) is 8.29. The van der Waals surface area contributed by atoms with Crippen LogP contribution in [0.2, 0.25) is 0 Å². The van der Waals surface area contributed by atoms with Crippen LogP contribution in [0.15, 0.2) is 53.5 Å². The number of hydrogen-bond donors (Lipinski definition) is 2. The van der Waals surface area contributed by atoms with Gasteiger partial charge < -0.3 is 14.8 Å². The second kappa shape index (κ2) is 6.34. The van der Waals surface area contributed by atoms with Gasteiger partial charge in [0.1, 0.15) is 5.65 Å². The Morgan fingerprint density at radius 2 is 2.05 bits per heavy atom. The van der Waals surface area contributed by atoms with Crippen molar-refractivity contribution in [2.75, 3.05) is 6.54 Å². The molecule has 3 aromatic rings. The first-order valence-corrected chi connectivity index (χ1v) is 7.43. The van der Waals surface area contributed by atoms with Crippen LogP contribution in [0.5, 0.6) is 0 Å². The number of pyridine rings is 2. The SMILES string of the molecule is OC(CNCc1cnc2ccc(Br)cn12)c1ccncc1. The van der Waals surface area contributed by atoms with Crippen LogP contribution in [-0.4, -0.2) is 26.0 Å². The van der Waals surface area contributed by atoms with Crippen molar-refractivity contribution in [3.8, 4) is 0 Å². The molecule has 6 heteroatoms. The highest BCUT2D eigenvalue weighted by atomic mass is 79.9. The molecule has 5 nitrogen and oxygen atoms in total. The molecule has 0 saturated carbocycles. The normalized spacial score (nSPS) is 12.7. The van der Waals surface area contributed by atoms with Crippen molar-refractivity contribution in [2.45, 2.75) is 12.6 Å². The van der Waals surface area contributed by atoms with Crippen molar-refractivity contribution in [2.24, 2.45) is 0 Å². The molecule has 3 aromatic heterocycles. The lowest BCUT2D eigenvalue weighted by Crippen LogP contribution is -2.21. The summed E-state index contributed by atoms with van der Waals surface area (Å²) in [6.45, 7) is 1.12. The Labute approximate surface area is 130 Å². The van der Waals surface area contributed by atoms with Crippen LogP contribution in [0.1, 0.15) is 17.4 Å². The standard InChI is InChI=1S/C15H15BrN4O/c16-12-1-2-15-19-8-13(20(15)10-12)7-18-9-14(21)11-3-5-17-6-4-11/h1-6,8,10,14,18,21H,7,9H2. The molecule has 0 radical (unpaired) electrons. The fraction of sp³-hybridized carbons (Fsp3) is 0.200. The molecule has 0 amide bonds. The molecule has 0 aliphatic rings. The van der Waals surface area contributed by atoms with E-state index in [1.54, 1.807) is 12.4 Å². The average Bonchev–Trinajstić information content (AvgIpc) is 2.90. The highest BCUT2D eigenvalue weighted by molar-refractivity contribution is 9.10. The second-order valence-electron chi connectivity index (χ2n) is 4.75. The van der Waals surface area contributed by atoms with Crippen LogP contribution >= 0.6 is 15.9 Å². The van der Waals surface area contributed by atoms with E-state index in [-0.39, 0.29) is 0 Å². The van der Waals surface area contributed by atoms with E-state index in [2.05, 4.69) is 31.2 Å². The summed E-state index contributed by atoms with van der Waals surface area (Å²) < 4.78 is 3.03. The Kier molecular flexibility index (Phi) is 4.28. The van der Waals surface area contributed by atoms with Crippen molar-refractivity contribution >= 4 is 21.6 Å². The van der Waals surface area contributed by atoms with Gasteiger partial charge in [-0.25, -0.2) is 4.98 Å². The summed E-state index contributed by atoms with van der Waals surface area (Å²) in [5.74, 6) is 0. The molecular weight excluding hydrogens is 332 g/mol. The first-order chi connectivity index (χ1) is 10.2. The molecule has 0 saturated heterocycles. The van der Waals surface area contributed by atoms with E-state index < -0.39 is 6.10 Å². The minimum Gasteiger partial charge on any atom is -0.387 e. The second-order valence-corrected chi connectivity index (χ2v) is 5.67. The molecule has 1 atom stereocenters. The van der Waals surface area contributed by atoms with Gasteiger partial charge >= 0.3 is 0 Å². The highest BCUT2D eigenvalue weighted by Crippen LogP contribution is 2.14. The average molecular weight is 347 g/mol. The number of nitrogens with one attached hydrogen (secondary N) is 1. The number of nitrogens with zero attached hydrogens (tertiary/aromatic N) is 3. The van der Waals surface area contributed by atoms with Crippen LogP contribution in [0.25, 0.3) is 5.65 Å². The molecule has 0 fully saturated rings. The van der Waals surface area contributed by atoms with Gasteiger partial charge in [0.25, 0.3) is 0 Å². The van der Waals surface area contributed by atoms with Gasteiger partial charge in [-0.3, -0.25) is 4.98 Å². The molecule has 3 heterocycles. The Hall–Kier alpha value is -1.76. The fourth-order valence-electron chi connectivity index (χ4n) is 2.18. The lowest BCUT2D eigenvalue weighted by atomic mass is 10.1. The van der Waals surface area contributed by atoms with Crippen LogP contribution in [0.4, 0.5) is 0 Å². The van der Waals surface area contributed by atoms with E-state index in [0.717, 1.165) is 21.4 Å². The van der Waals surface area contributed by atoms with Gasteiger partial charge in [-0.15, -0.1) is 0 Å². The van der Waals surface area contributed by atoms with Crippen molar-refractivity contribution < 1.29 is 5.11 Å². The maximum Gasteiger partial charge on any atom is 0.136 e. The summed E-state index contributed by atoms with van der Waals surface area (Å²) in [6, 6.07) is 7.56. The number of fused-ring (bicyclic) bond motifs is 1. The Bertz CT molecular complexity index is 729. The van der Waals surface area contributed by atoms with Crippen molar-refractivity contribution in [3.63, 3.8) is 0 Å². The van der Waals surface area contributed by atoms with E-state index in [9.17, 15) is 5.11 Å². The number of hydrogen-bond acceptors (Lipinski definition) is 4. The molecule has 0 bridgehead atoms. The van der Waals surface area contributed by atoms with Crippen LogP contribution in [0, 0.1) is 0 Å². The largest absolute Gasteiger partial charge is 0.387 e. The number of aromatic nitrogens is 3. The molecule has 0 aromatic carbocycles. The van der Waals surface area contributed by atoms with E-state index >= 15 is 0 Å². The zero-order valence-electron chi connectivity index (χ0n) is 11.3. The van der Waals surface area contributed by atoms with Crippen LogP contribution in [0.3, 0.4) is 0 Å². The summed E-state index contributed by atoms with van der Waals surface area (Å²) in [5, 5.41) is 13.3. The fourth-order valence-corrected chi connectivity index (χ4v) is 2.51. The quantitative estimate of drug-likeness (QED) is 0.744. The first-order valence-electron chi connectivity index (χ1n) is 6.64. The van der Waals surface area contributed by atoms with Crippen LogP contribution in [-0.2, 0) is 6.54 Å². The van der Waals surface area contributed by atoms with Gasteiger partial charge in [0, 0.05) is 36.2 Å². The molecule has 1 unspecified atom stereocenters. The summed E-state index contributed by atoms with van der Waals surface area (Å²) >= 11 is 3.46. The monoisotopic (exact) mass is 346 g/mol. The number of aliphatic hydroxyl groups excluding tert-OH is 1. The van der Waals surface area contributed by atoms with E-state index in [1.807, 2.05) is 41.1 Å². The summed E-state index contributed by atoms with van der Waals surface area (Å²) in [6.07, 6.45) is 6.65. The molecule has 2 N–H and O–H groups in total. The minimum absolute atomic E-state index is 0.477. The number of aliphatic hydroxyl groups is 1. The van der Waals surface area contributed by atoms with Crippen molar-refractivity contribution in [1.82, 2.24) is 19.7 Å².